The average Bonchev–Trinajstić information content (AvgIpc) is 3.24. The molecule has 0 unspecified atom stereocenters. The lowest BCUT2D eigenvalue weighted by Gasteiger charge is -2.20. The molecule has 0 atom stereocenters. The molecule has 1 aromatic heterocycles. The number of carbonyl (C=O) groups is 2. The predicted octanol–water partition coefficient (Wildman–Crippen LogP) is 4.01. The summed E-state index contributed by atoms with van der Waals surface area (Å²) in [5, 5.41) is 7.75. The molecule has 37 heavy (non-hydrogen) atoms. The minimum atomic E-state index is -3.43. The lowest BCUT2D eigenvalue weighted by molar-refractivity contribution is 0.0992. The Morgan fingerprint density at radius 2 is 1.70 bits per heavy atom. The van der Waals surface area contributed by atoms with E-state index in [9.17, 15) is 18.0 Å². The van der Waals surface area contributed by atoms with E-state index in [1.165, 1.54) is 0 Å². The van der Waals surface area contributed by atoms with Crippen LogP contribution in [-0.4, -0.2) is 36.3 Å². The summed E-state index contributed by atoms with van der Waals surface area (Å²) >= 11 is 6.18. The van der Waals surface area contributed by atoms with Crippen molar-refractivity contribution in [3.05, 3.63) is 94.1 Å². The Morgan fingerprint density at radius 1 is 1.00 bits per heavy atom. The van der Waals surface area contributed by atoms with Gasteiger partial charge in [0.15, 0.2) is 5.69 Å². The Bertz CT molecular complexity index is 1660. The van der Waals surface area contributed by atoms with Crippen molar-refractivity contribution in [1.82, 2.24) is 9.78 Å². The van der Waals surface area contributed by atoms with Crippen molar-refractivity contribution in [1.29, 1.82) is 0 Å². The third-order valence-electron chi connectivity index (χ3n) is 6.02. The van der Waals surface area contributed by atoms with E-state index < -0.39 is 15.9 Å². The number of halogens is 1. The maximum absolute atomic E-state index is 12.8. The van der Waals surface area contributed by atoms with E-state index in [0.717, 1.165) is 17.4 Å². The van der Waals surface area contributed by atoms with Crippen LogP contribution in [-0.2, 0) is 22.9 Å². The number of nitrogens with two attached hydrogens (primary N) is 1. The predicted molar refractivity (Wildman–Crippen MR) is 143 cm³/mol. The number of rotatable bonds is 6. The molecule has 4 N–H and O–H groups in total. The number of hydrogen-bond donors (Lipinski definition) is 3. The quantitative estimate of drug-likeness (QED) is 0.342. The Kier molecular flexibility index (Phi) is 6.22. The van der Waals surface area contributed by atoms with E-state index in [2.05, 4.69) is 15.1 Å². The molecule has 1 aliphatic rings. The molecule has 0 saturated heterocycles. The van der Waals surface area contributed by atoms with Gasteiger partial charge in [-0.3, -0.25) is 14.3 Å². The maximum Gasteiger partial charge on any atom is 0.269 e. The van der Waals surface area contributed by atoms with Crippen LogP contribution in [0.4, 0.5) is 11.4 Å². The highest BCUT2D eigenvalue weighted by Gasteiger charge is 2.28. The van der Waals surface area contributed by atoms with Gasteiger partial charge in [-0.05, 0) is 66.9 Å². The van der Waals surface area contributed by atoms with Gasteiger partial charge in [-0.25, -0.2) is 13.1 Å². The second-order valence-corrected chi connectivity index (χ2v) is 10.8. The second-order valence-electron chi connectivity index (χ2n) is 8.68. The monoisotopic (exact) mass is 535 g/mol. The van der Waals surface area contributed by atoms with Gasteiger partial charge in [-0.2, -0.15) is 5.10 Å². The fraction of sp³-hybridized carbons (Fsp3) is 0.115. The average molecular weight is 536 g/mol. The zero-order valence-electron chi connectivity index (χ0n) is 19.7. The minimum absolute atomic E-state index is 0.171. The number of primary amides is 1. The summed E-state index contributed by atoms with van der Waals surface area (Å²) in [4.78, 5) is 25.1. The molecule has 1 heterocycles. The SMILES string of the molecule is CS(=O)(=O)Nc1ccc(-n2nc(C(N)=O)c3c2-c2cc(NC(=O)c4ccccc4Cl)ccc2CC3)cc1. The summed E-state index contributed by atoms with van der Waals surface area (Å²) in [5.41, 5.74) is 11.0. The van der Waals surface area contributed by atoms with Crippen LogP contribution in [0.5, 0.6) is 0 Å². The molecule has 0 spiro atoms. The van der Waals surface area contributed by atoms with E-state index in [0.29, 0.717) is 51.7 Å². The highest BCUT2D eigenvalue weighted by molar-refractivity contribution is 7.92. The first kappa shape index (κ1) is 24.5. The largest absolute Gasteiger partial charge is 0.364 e. The van der Waals surface area contributed by atoms with Crippen molar-refractivity contribution in [2.24, 2.45) is 5.73 Å². The standard InChI is InChI=1S/C26H22ClN5O4S/c1-37(35,36)31-16-9-11-18(12-10-16)32-24-20(23(30-32)25(28)33)13-7-15-6-8-17(14-21(15)24)29-26(34)19-4-2-3-5-22(19)27/h2-6,8-12,14,31H,7,13H2,1H3,(H2,28,33)(H,29,34). The maximum atomic E-state index is 12.8. The smallest absolute Gasteiger partial charge is 0.269 e. The van der Waals surface area contributed by atoms with Crippen molar-refractivity contribution in [2.45, 2.75) is 12.8 Å². The molecule has 11 heteroatoms. The normalized spacial score (nSPS) is 12.4. The molecule has 0 saturated carbocycles. The number of carbonyl (C=O) groups excluding carboxylic acids is 2. The van der Waals surface area contributed by atoms with E-state index in [1.807, 2.05) is 18.2 Å². The minimum Gasteiger partial charge on any atom is -0.364 e. The van der Waals surface area contributed by atoms with Crippen LogP contribution < -0.4 is 15.8 Å². The number of benzene rings is 3. The van der Waals surface area contributed by atoms with E-state index in [4.69, 9.17) is 17.3 Å². The Morgan fingerprint density at radius 3 is 2.38 bits per heavy atom. The molecule has 188 valence electrons. The van der Waals surface area contributed by atoms with Crippen molar-refractivity contribution < 1.29 is 18.0 Å². The summed E-state index contributed by atoms with van der Waals surface area (Å²) in [6.45, 7) is 0. The second kappa shape index (κ2) is 9.38. The summed E-state index contributed by atoms with van der Waals surface area (Å²) in [6.07, 6.45) is 2.31. The lowest BCUT2D eigenvalue weighted by Crippen LogP contribution is -2.15. The molecule has 0 aliphatic heterocycles. The van der Waals surface area contributed by atoms with Gasteiger partial charge in [0.05, 0.1) is 28.2 Å². The molecular formula is C26H22ClN5O4S. The van der Waals surface area contributed by atoms with Crippen LogP contribution in [0.25, 0.3) is 16.9 Å². The molecule has 1 aliphatic carbocycles. The fourth-order valence-corrected chi connectivity index (χ4v) is 5.22. The van der Waals surface area contributed by atoms with Crippen molar-refractivity contribution in [2.75, 3.05) is 16.3 Å². The van der Waals surface area contributed by atoms with Gasteiger partial charge in [0.1, 0.15) is 0 Å². The molecule has 4 aromatic rings. The van der Waals surface area contributed by atoms with E-state index >= 15 is 0 Å². The van der Waals surface area contributed by atoms with Crippen molar-refractivity contribution in [3.8, 4) is 16.9 Å². The summed E-state index contributed by atoms with van der Waals surface area (Å²) < 4.78 is 27.2. The van der Waals surface area contributed by atoms with Crippen LogP contribution in [0.3, 0.4) is 0 Å². The summed E-state index contributed by atoms with van der Waals surface area (Å²) in [5.74, 6) is -0.987. The first-order valence-electron chi connectivity index (χ1n) is 11.3. The van der Waals surface area contributed by atoms with Crippen LogP contribution >= 0.6 is 11.6 Å². The van der Waals surface area contributed by atoms with E-state index in [1.54, 1.807) is 53.2 Å². The third-order valence-corrected chi connectivity index (χ3v) is 6.95. The van der Waals surface area contributed by atoms with Crippen LogP contribution in [0.1, 0.15) is 32.0 Å². The number of amides is 2. The van der Waals surface area contributed by atoms with Gasteiger partial charge in [-0.1, -0.05) is 29.8 Å². The van der Waals surface area contributed by atoms with Gasteiger partial charge in [0.25, 0.3) is 11.8 Å². The fourth-order valence-electron chi connectivity index (χ4n) is 4.43. The number of fused-ring (bicyclic) bond motifs is 3. The van der Waals surface area contributed by atoms with Crippen LogP contribution in [0.2, 0.25) is 5.02 Å². The number of nitrogens with one attached hydrogen (secondary N) is 2. The first-order valence-corrected chi connectivity index (χ1v) is 13.6. The Labute approximate surface area is 218 Å². The molecule has 0 fully saturated rings. The zero-order valence-corrected chi connectivity index (χ0v) is 21.2. The Balaban J connectivity index is 1.57. The molecule has 9 nitrogen and oxygen atoms in total. The van der Waals surface area contributed by atoms with Gasteiger partial charge in [0, 0.05) is 22.5 Å². The number of aromatic nitrogens is 2. The number of hydrogen-bond acceptors (Lipinski definition) is 5. The van der Waals surface area contributed by atoms with Gasteiger partial charge in [-0.15, -0.1) is 0 Å². The summed E-state index contributed by atoms with van der Waals surface area (Å²) in [6, 6.07) is 19.0. The first-order chi connectivity index (χ1) is 17.6. The number of sulfonamides is 1. The number of anilines is 2. The van der Waals surface area contributed by atoms with Crippen molar-refractivity contribution in [3.63, 3.8) is 0 Å². The highest BCUT2D eigenvalue weighted by atomic mass is 35.5. The van der Waals surface area contributed by atoms with Gasteiger partial charge < -0.3 is 11.1 Å². The summed E-state index contributed by atoms with van der Waals surface area (Å²) in [7, 11) is -3.43. The van der Waals surface area contributed by atoms with E-state index in [-0.39, 0.29) is 11.6 Å². The van der Waals surface area contributed by atoms with Crippen LogP contribution in [0.15, 0.2) is 66.7 Å². The van der Waals surface area contributed by atoms with Gasteiger partial charge in [0.2, 0.25) is 10.0 Å². The molecule has 0 radical (unpaired) electrons. The number of nitrogens with zero attached hydrogens (tertiary/aromatic N) is 2. The molecular weight excluding hydrogens is 514 g/mol. The third kappa shape index (κ3) is 4.93. The van der Waals surface area contributed by atoms with Crippen LogP contribution in [0, 0.1) is 0 Å². The topological polar surface area (TPSA) is 136 Å². The molecule has 0 bridgehead atoms. The number of aryl methyl sites for hydroxylation is 1. The molecule has 5 rings (SSSR count). The molecule has 3 aromatic carbocycles. The lowest BCUT2D eigenvalue weighted by atomic mass is 9.88. The van der Waals surface area contributed by atoms with Crippen molar-refractivity contribution >= 4 is 44.8 Å². The zero-order chi connectivity index (χ0) is 26.3. The van der Waals surface area contributed by atoms with Gasteiger partial charge >= 0.3 is 0 Å². The Hall–Kier alpha value is -4.15. The highest BCUT2D eigenvalue weighted by Crippen LogP contribution is 2.38. The molecule has 2 amide bonds.